The van der Waals surface area contributed by atoms with Gasteiger partial charge in [0.15, 0.2) is 0 Å². The van der Waals surface area contributed by atoms with Crippen molar-refractivity contribution in [2.75, 3.05) is 20.6 Å². The molecule has 1 nitrogen and oxygen atoms in total. The molecule has 0 amide bonds. The summed E-state index contributed by atoms with van der Waals surface area (Å²) in [5.41, 5.74) is 2.66. The van der Waals surface area contributed by atoms with Crippen molar-refractivity contribution >= 4 is 6.08 Å². The van der Waals surface area contributed by atoms with Crippen LogP contribution in [0.25, 0.3) is 6.08 Å². The summed E-state index contributed by atoms with van der Waals surface area (Å²) in [6, 6.07) is 21.1. The van der Waals surface area contributed by atoms with Gasteiger partial charge in [0.2, 0.25) is 0 Å². The van der Waals surface area contributed by atoms with Gasteiger partial charge in [0.25, 0.3) is 0 Å². The first-order chi connectivity index (χ1) is 9.16. The molecular weight excluding hydrogens is 230 g/mol. The van der Waals surface area contributed by atoms with Crippen LogP contribution in [0.5, 0.6) is 0 Å². The van der Waals surface area contributed by atoms with Crippen molar-refractivity contribution in [3.8, 4) is 0 Å². The van der Waals surface area contributed by atoms with Crippen LogP contribution in [0.15, 0.2) is 66.7 Å². The molecule has 0 unspecified atom stereocenters. The van der Waals surface area contributed by atoms with Crippen molar-refractivity contribution in [1.82, 2.24) is 0 Å². The van der Waals surface area contributed by atoms with Crippen molar-refractivity contribution in [3.05, 3.63) is 77.9 Å². The molecule has 0 N–H and O–H groups in total. The number of likely N-dealkylation sites (N-methyl/N-ethyl adjacent to an activating group) is 1. The molecule has 0 saturated heterocycles. The standard InChI is InChI=1S/C18H22N/c1-19(2,16-18-12-7-4-8-13-18)15-9-14-17-10-5-3-6-11-17/h3-14H,15-16H2,1-2H3/q+1/b14-9+. The fourth-order valence-electron chi connectivity index (χ4n) is 2.18. The molecule has 19 heavy (non-hydrogen) atoms. The number of nitrogens with zero attached hydrogens (tertiary/aromatic N) is 1. The quantitative estimate of drug-likeness (QED) is 0.706. The van der Waals surface area contributed by atoms with Crippen molar-refractivity contribution in [2.45, 2.75) is 6.54 Å². The SMILES string of the molecule is C[N+](C)(C/C=C/c1ccccc1)Cc1ccccc1. The van der Waals surface area contributed by atoms with Gasteiger partial charge in [0.1, 0.15) is 6.54 Å². The van der Waals surface area contributed by atoms with E-state index in [1.165, 1.54) is 11.1 Å². The second-order valence-electron chi connectivity index (χ2n) is 5.58. The molecule has 2 aromatic carbocycles. The third-order valence-electron chi connectivity index (χ3n) is 3.16. The van der Waals surface area contributed by atoms with E-state index < -0.39 is 0 Å². The van der Waals surface area contributed by atoms with Gasteiger partial charge in [-0.3, -0.25) is 0 Å². The molecule has 2 rings (SSSR count). The highest BCUT2D eigenvalue weighted by molar-refractivity contribution is 5.48. The van der Waals surface area contributed by atoms with E-state index in [1.807, 2.05) is 6.07 Å². The Morgan fingerprint density at radius 3 is 2.05 bits per heavy atom. The molecule has 0 radical (unpaired) electrons. The van der Waals surface area contributed by atoms with Crippen LogP contribution in [0.3, 0.4) is 0 Å². The van der Waals surface area contributed by atoms with Crippen LogP contribution in [-0.2, 0) is 6.54 Å². The normalized spacial score (nSPS) is 11.9. The van der Waals surface area contributed by atoms with Gasteiger partial charge >= 0.3 is 0 Å². The molecule has 0 heterocycles. The second-order valence-corrected chi connectivity index (χ2v) is 5.58. The summed E-state index contributed by atoms with van der Waals surface area (Å²) >= 11 is 0. The van der Waals surface area contributed by atoms with E-state index in [-0.39, 0.29) is 0 Å². The van der Waals surface area contributed by atoms with Crippen LogP contribution in [0, 0.1) is 0 Å². The van der Waals surface area contributed by atoms with Crippen LogP contribution in [-0.4, -0.2) is 25.1 Å². The lowest BCUT2D eigenvalue weighted by Crippen LogP contribution is -2.38. The van der Waals surface area contributed by atoms with Gasteiger partial charge < -0.3 is 4.48 Å². The Labute approximate surface area is 116 Å². The lowest BCUT2D eigenvalue weighted by atomic mass is 10.2. The molecule has 0 aliphatic rings. The molecule has 0 saturated carbocycles. The largest absolute Gasteiger partial charge is 0.321 e. The molecule has 0 aliphatic carbocycles. The van der Waals surface area contributed by atoms with Gasteiger partial charge in [-0.2, -0.15) is 0 Å². The van der Waals surface area contributed by atoms with Gasteiger partial charge in [0.05, 0.1) is 20.6 Å². The average molecular weight is 252 g/mol. The lowest BCUT2D eigenvalue weighted by Gasteiger charge is -2.28. The fourth-order valence-corrected chi connectivity index (χ4v) is 2.18. The number of rotatable bonds is 5. The summed E-state index contributed by atoms with van der Waals surface area (Å²) in [7, 11) is 4.53. The summed E-state index contributed by atoms with van der Waals surface area (Å²) in [5, 5.41) is 0. The summed E-state index contributed by atoms with van der Waals surface area (Å²) in [6.45, 7) is 2.09. The van der Waals surface area contributed by atoms with Crippen LogP contribution in [0.4, 0.5) is 0 Å². The summed E-state index contributed by atoms with van der Waals surface area (Å²) in [5.74, 6) is 0. The van der Waals surface area contributed by atoms with E-state index in [9.17, 15) is 0 Å². The summed E-state index contributed by atoms with van der Waals surface area (Å²) in [4.78, 5) is 0. The first kappa shape index (κ1) is 13.6. The van der Waals surface area contributed by atoms with E-state index >= 15 is 0 Å². The Bertz CT molecular complexity index is 512. The smallest absolute Gasteiger partial charge is 0.104 e. The van der Waals surface area contributed by atoms with Crippen molar-refractivity contribution in [2.24, 2.45) is 0 Å². The number of hydrogen-bond donors (Lipinski definition) is 0. The minimum absolute atomic E-state index is 0.966. The zero-order valence-corrected chi connectivity index (χ0v) is 11.8. The predicted molar refractivity (Wildman–Crippen MR) is 82.6 cm³/mol. The van der Waals surface area contributed by atoms with Crippen LogP contribution in [0.1, 0.15) is 11.1 Å². The minimum atomic E-state index is 0.966. The van der Waals surface area contributed by atoms with Gasteiger partial charge in [-0.15, -0.1) is 0 Å². The fraction of sp³-hybridized carbons (Fsp3) is 0.222. The molecule has 0 spiro atoms. The highest BCUT2D eigenvalue weighted by Crippen LogP contribution is 2.10. The van der Waals surface area contributed by atoms with Gasteiger partial charge in [-0.25, -0.2) is 0 Å². The maximum atomic E-state index is 2.27. The number of hydrogen-bond acceptors (Lipinski definition) is 0. The molecular formula is C18H22N+. The zero-order chi connectivity index (χ0) is 13.6. The van der Waals surface area contributed by atoms with E-state index in [0.29, 0.717) is 0 Å². The first-order valence-corrected chi connectivity index (χ1v) is 6.73. The Morgan fingerprint density at radius 1 is 0.842 bits per heavy atom. The highest BCUT2D eigenvalue weighted by atomic mass is 15.3. The highest BCUT2D eigenvalue weighted by Gasteiger charge is 2.13. The molecule has 1 heteroatoms. The topological polar surface area (TPSA) is 0 Å². The van der Waals surface area contributed by atoms with Gasteiger partial charge in [-0.1, -0.05) is 66.7 Å². The van der Waals surface area contributed by atoms with Crippen LogP contribution in [0.2, 0.25) is 0 Å². The van der Waals surface area contributed by atoms with Gasteiger partial charge in [-0.05, 0) is 11.6 Å². The minimum Gasteiger partial charge on any atom is -0.321 e. The first-order valence-electron chi connectivity index (χ1n) is 6.73. The maximum absolute atomic E-state index is 2.27. The molecule has 0 aromatic heterocycles. The molecule has 0 fully saturated rings. The maximum Gasteiger partial charge on any atom is 0.104 e. The molecule has 98 valence electrons. The summed E-state index contributed by atoms with van der Waals surface area (Å²) < 4.78 is 0.966. The van der Waals surface area contributed by atoms with E-state index in [0.717, 1.165) is 17.6 Å². The molecule has 0 bridgehead atoms. The van der Waals surface area contributed by atoms with E-state index in [4.69, 9.17) is 0 Å². The van der Waals surface area contributed by atoms with Crippen molar-refractivity contribution < 1.29 is 4.48 Å². The third kappa shape index (κ3) is 4.72. The summed E-state index contributed by atoms with van der Waals surface area (Å²) in [6.07, 6.45) is 4.46. The Balaban J connectivity index is 1.92. The Morgan fingerprint density at radius 2 is 1.42 bits per heavy atom. The van der Waals surface area contributed by atoms with Crippen LogP contribution >= 0.6 is 0 Å². The van der Waals surface area contributed by atoms with E-state index in [2.05, 4.69) is 80.8 Å². The predicted octanol–water partition coefficient (Wildman–Crippen LogP) is 3.98. The molecule has 0 atom stereocenters. The van der Waals surface area contributed by atoms with Gasteiger partial charge in [0, 0.05) is 5.56 Å². The Hall–Kier alpha value is -1.86. The lowest BCUT2D eigenvalue weighted by molar-refractivity contribution is -0.897. The third-order valence-corrected chi connectivity index (χ3v) is 3.16. The molecule has 2 aromatic rings. The van der Waals surface area contributed by atoms with Crippen molar-refractivity contribution in [1.29, 1.82) is 0 Å². The molecule has 0 aliphatic heterocycles. The van der Waals surface area contributed by atoms with Crippen LogP contribution < -0.4 is 0 Å². The number of quaternary nitrogens is 1. The van der Waals surface area contributed by atoms with E-state index in [1.54, 1.807) is 0 Å². The Kier molecular flexibility index (Phi) is 4.53. The zero-order valence-electron chi connectivity index (χ0n) is 11.8. The number of benzene rings is 2. The van der Waals surface area contributed by atoms with Crippen molar-refractivity contribution in [3.63, 3.8) is 0 Å². The monoisotopic (exact) mass is 252 g/mol. The average Bonchev–Trinajstić information content (AvgIpc) is 2.40. The second kappa shape index (κ2) is 6.35.